The molecule has 0 aromatic heterocycles. The van der Waals surface area contributed by atoms with E-state index in [4.69, 9.17) is 0 Å². The van der Waals surface area contributed by atoms with Crippen LogP contribution in [0.4, 0.5) is 0 Å². The summed E-state index contributed by atoms with van der Waals surface area (Å²) in [6.07, 6.45) is 1.90. The van der Waals surface area contributed by atoms with Crippen LogP contribution >= 0.6 is 0 Å². The maximum absolute atomic E-state index is 2.45. The molecular formula is C63H44. The Bertz CT molecular complexity index is 3080. The third-order valence-corrected chi connectivity index (χ3v) is 13.5. The van der Waals surface area contributed by atoms with Crippen LogP contribution in [0.2, 0.25) is 0 Å². The molecule has 0 radical (unpaired) electrons. The Labute approximate surface area is 370 Å². The average Bonchev–Trinajstić information content (AvgIpc) is 3.94. The van der Waals surface area contributed by atoms with Crippen LogP contribution in [0, 0.1) is 0 Å². The van der Waals surface area contributed by atoms with Gasteiger partial charge in [0.1, 0.15) is 0 Å². The second-order valence-corrected chi connectivity index (χ2v) is 17.2. The summed E-state index contributed by atoms with van der Waals surface area (Å²) in [5.41, 5.74) is 27.4. The number of fused-ring (bicyclic) bond motifs is 6. The van der Waals surface area contributed by atoms with Crippen molar-refractivity contribution in [3.05, 3.63) is 276 Å². The molecule has 0 bridgehead atoms. The van der Waals surface area contributed by atoms with Gasteiger partial charge in [-0.2, -0.15) is 0 Å². The van der Waals surface area contributed by atoms with Crippen LogP contribution in [0.1, 0.15) is 44.9 Å². The molecule has 0 saturated carbocycles. The van der Waals surface area contributed by atoms with E-state index in [1.165, 1.54) is 117 Å². The molecule has 0 aliphatic heterocycles. The van der Waals surface area contributed by atoms with Crippen molar-refractivity contribution in [3.63, 3.8) is 0 Å². The Morgan fingerprint density at radius 1 is 0.222 bits per heavy atom. The molecule has 0 saturated heterocycles. The molecule has 296 valence electrons. The van der Waals surface area contributed by atoms with Gasteiger partial charge in [-0.3, -0.25) is 0 Å². The van der Waals surface area contributed by atoms with Crippen molar-refractivity contribution >= 4 is 0 Å². The summed E-state index contributed by atoms with van der Waals surface area (Å²) in [4.78, 5) is 0. The lowest BCUT2D eigenvalue weighted by Crippen LogP contribution is -2.03. The number of hydrogen-bond acceptors (Lipinski definition) is 0. The first kappa shape index (κ1) is 37.0. The van der Waals surface area contributed by atoms with Gasteiger partial charge in [0.2, 0.25) is 0 Å². The first-order chi connectivity index (χ1) is 31.2. The maximum atomic E-state index is 2.45. The number of benzene rings is 10. The lowest BCUT2D eigenvalue weighted by Gasteiger charge is -2.21. The van der Waals surface area contributed by atoms with Crippen LogP contribution in [0.3, 0.4) is 0 Å². The zero-order chi connectivity index (χ0) is 41.7. The monoisotopic (exact) mass is 800 g/mol. The third-order valence-electron chi connectivity index (χ3n) is 13.5. The van der Waals surface area contributed by atoms with Gasteiger partial charge >= 0.3 is 0 Å². The zero-order valence-corrected chi connectivity index (χ0v) is 35.0. The predicted molar refractivity (Wildman–Crippen MR) is 264 cm³/mol. The molecule has 12 rings (SSSR count). The second kappa shape index (κ2) is 15.6. The van der Waals surface area contributed by atoms with Crippen molar-refractivity contribution < 1.29 is 0 Å². The third kappa shape index (κ3) is 6.72. The molecule has 63 heavy (non-hydrogen) atoms. The second-order valence-electron chi connectivity index (χ2n) is 17.2. The highest BCUT2D eigenvalue weighted by atomic mass is 14.3. The standard InChI is InChI=1S/C63H44/c1-3-13-42(14-4-1)44-25-31-47(32-26-44)63(48-33-27-45(28-34-48)43-15-5-2-6-16-43)49-35-29-46(30-36-49)52-37-53(57-21-11-23-59-55-19-9-7-17-50(55)40-61(57)59)39-54(38-52)58-22-12-24-60-56-20-10-8-18-51(56)41-62(58)60/h1-39,63H,40-41H2. The van der Waals surface area contributed by atoms with Gasteiger partial charge in [-0.25, -0.2) is 0 Å². The van der Waals surface area contributed by atoms with Gasteiger partial charge in [0.25, 0.3) is 0 Å². The minimum Gasteiger partial charge on any atom is -0.0622 e. The topological polar surface area (TPSA) is 0 Å². The summed E-state index contributed by atoms with van der Waals surface area (Å²) in [6.45, 7) is 0. The Morgan fingerprint density at radius 2 is 0.540 bits per heavy atom. The highest BCUT2D eigenvalue weighted by Gasteiger charge is 2.25. The molecule has 10 aromatic carbocycles. The van der Waals surface area contributed by atoms with E-state index in [0.717, 1.165) is 12.8 Å². The SMILES string of the molecule is c1ccc(-c2ccc(C(c3ccc(-c4ccccc4)cc3)c3ccc(-c4cc(-c5cccc6c5Cc5ccccc5-6)cc(-c5cccc6c5Cc5ccccc5-6)c4)cc3)cc2)cc1. The maximum Gasteiger partial charge on any atom is 0.0340 e. The number of rotatable bonds is 8. The van der Waals surface area contributed by atoms with E-state index in [0.29, 0.717) is 0 Å². The predicted octanol–water partition coefficient (Wildman–Crippen LogP) is 16.3. The Kier molecular flexibility index (Phi) is 9.16. The fourth-order valence-electron chi connectivity index (χ4n) is 10.4. The first-order valence-corrected chi connectivity index (χ1v) is 22.2. The molecule has 0 nitrogen and oxygen atoms in total. The summed E-state index contributed by atoms with van der Waals surface area (Å²) in [7, 11) is 0. The van der Waals surface area contributed by atoms with E-state index in [1.807, 2.05) is 0 Å². The minimum atomic E-state index is 0.0673. The van der Waals surface area contributed by atoms with Gasteiger partial charge < -0.3 is 0 Å². The van der Waals surface area contributed by atoms with Gasteiger partial charge in [0, 0.05) is 5.92 Å². The van der Waals surface area contributed by atoms with Crippen LogP contribution in [-0.2, 0) is 12.8 Å². The van der Waals surface area contributed by atoms with Gasteiger partial charge in [-0.05, 0) is 148 Å². The fourth-order valence-corrected chi connectivity index (χ4v) is 10.4. The molecule has 2 aliphatic carbocycles. The number of hydrogen-bond donors (Lipinski definition) is 0. The van der Waals surface area contributed by atoms with E-state index in [1.54, 1.807) is 0 Å². The molecule has 0 unspecified atom stereocenters. The largest absolute Gasteiger partial charge is 0.0622 e. The molecule has 2 aliphatic rings. The fraction of sp³-hybridized carbons (Fsp3) is 0.0476. The van der Waals surface area contributed by atoms with Crippen LogP contribution in [0.15, 0.2) is 237 Å². The summed E-state index contributed by atoms with van der Waals surface area (Å²) in [5, 5.41) is 0. The summed E-state index contributed by atoms with van der Waals surface area (Å²) in [5.74, 6) is 0.0673. The summed E-state index contributed by atoms with van der Waals surface area (Å²) >= 11 is 0. The van der Waals surface area contributed by atoms with E-state index in [-0.39, 0.29) is 5.92 Å². The van der Waals surface area contributed by atoms with E-state index < -0.39 is 0 Å². The molecular weight excluding hydrogens is 757 g/mol. The lowest BCUT2D eigenvalue weighted by molar-refractivity contribution is 0.978. The highest BCUT2D eigenvalue weighted by Crippen LogP contribution is 2.46. The van der Waals surface area contributed by atoms with Gasteiger partial charge in [0.05, 0.1) is 0 Å². The molecule has 0 fully saturated rings. The van der Waals surface area contributed by atoms with Crippen LogP contribution in [-0.4, -0.2) is 0 Å². The Morgan fingerprint density at radius 3 is 0.968 bits per heavy atom. The zero-order valence-electron chi connectivity index (χ0n) is 35.0. The Hall–Kier alpha value is -7.80. The molecule has 0 heterocycles. The summed E-state index contributed by atoms with van der Waals surface area (Å²) in [6, 6.07) is 87.9. The van der Waals surface area contributed by atoms with E-state index in [9.17, 15) is 0 Å². The van der Waals surface area contributed by atoms with Crippen molar-refractivity contribution in [2.24, 2.45) is 0 Å². The lowest BCUT2D eigenvalue weighted by atomic mass is 9.83. The van der Waals surface area contributed by atoms with Crippen molar-refractivity contribution in [2.75, 3.05) is 0 Å². The minimum absolute atomic E-state index is 0.0673. The molecule has 0 N–H and O–H groups in total. The van der Waals surface area contributed by atoms with Crippen LogP contribution in [0.25, 0.3) is 77.9 Å². The van der Waals surface area contributed by atoms with Crippen molar-refractivity contribution in [3.8, 4) is 77.9 Å². The quantitative estimate of drug-likeness (QED) is 0.134. The summed E-state index contributed by atoms with van der Waals surface area (Å²) < 4.78 is 0. The van der Waals surface area contributed by atoms with Gasteiger partial charge in [0.15, 0.2) is 0 Å². The molecule has 0 heteroatoms. The van der Waals surface area contributed by atoms with Crippen molar-refractivity contribution in [1.82, 2.24) is 0 Å². The Balaban J connectivity index is 0.970. The molecule has 0 amide bonds. The van der Waals surface area contributed by atoms with Crippen LogP contribution < -0.4 is 0 Å². The van der Waals surface area contributed by atoms with Crippen LogP contribution in [0.5, 0.6) is 0 Å². The average molecular weight is 801 g/mol. The van der Waals surface area contributed by atoms with E-state index in [2.05, 4.69) is 237 Å². The first-order valence-electron chi connectivity index (χ1n) is 22.2. The van der Waals surface area contributed by atoms with Crippen molar-refractivity contribution in [2.45, 2.75) is 18.8 Å². The molecule has 0 atom stereocenters. The highest BCUT2D eigenvalue weighted by molar-refractivity contribution is 5.91. The smallest absolute Gasteiger partial charge is 0.0340 e. The van der Waals surface area contributed by atoms with Gasteiger partial charge in [-0.1, -0.05) is 218 Å². The molecule has 0 spiro atoms. The normalized spacial score (nSPS) is 12.1. The van der Waals surface area contributed by atoms with E-state index >= 15 is 0 Å². The van der Waals surface area contributed by atoms with Crippen molar-refractivity contribution in [1.29, 1.82) is 0 Å². The molecule has 10 aromatic rings. The van der Waals surface area contributed by atoms with Gasteiger partial charge in [-0.15, -0.1) is 0 Å².